The minimum atomic E-state index is -0.326. The lowest BCUT2D eigenvalue weighted by molar-refractivity contribution is 0.150. The summed E-state index contributed by atoms with van der Waals surface area (Å²) in [4.78, 5) is 2.10. The van der Waals surface area contributed by atoms with Crippen molar-refractivity contribution in [2.24, 2.45) is 0 Å². The summed E-state index contributed by atoms with van der Waals surface area (Å²) in [6.45, 7) is 3.41. The number of β-amino-alcohol motifs (C(OH)–C–C–N with tert-alkyl or cyclic N) is 1. The van der Waals surface area contributed by atoms with Crippen molar-refractivity contribution in [1.29, 1.82) is 0 Å². The number of aryl methyl sites for hydroxylation is 1. The monoisotopic (exact) mass is 255 g/mol. The van der Waals surface area contributed by atoms with Crippen LogP contribution in [0.5, 0.6) is 0 Å². The maximum Gasteiger partial charge on any atom is 0.0683 e. The molecule has 0 bridgehead atoms. The topological polar surface area (TPSA) is 43.7 Å². The molecule has 1 aromatic carbocycles. The van der Waals surface area contributed by atoms with Gasteiger partial charge in [-0.05, 0) is 30.5 Å². The Balaban J connectivity index is 2.07. The maximum atomic E-state index is 9.60. The molecule has 17 heavy (non-hydrogen) atoms. The van der Waals surface area contributed by atoms with Gasteiger partial charge in [0.2, 0.25) is 0 Å². The number of aliphatic hydroxyl groups is 2. The number of hydrogen-bond donors (Lipinski definition) is 2. The Kier molecular flexibility index (Phi) is 4.05. The highest BCUT2D eigenvalue weighted by Crippen LogP contribution is 2.22. The van der Waals surface area contributed by atoms with Crippen LogP contribution >= 0.6 is 11.6 Å². The van der Waals surface area contributed by atoms with E-state index in [1.807, 2.05) is 25.1 Å². The molecule has 0 unspecified atom stereocenters. The van der Waals surface area contributed by atoms with Gasteiger partial charge >= 0.3 is 0 Å². The Bertz CT molecular complexity index is 397. The molecule has 3 nitrogen and oxygen atoms in total. The lowest BCUT2D eigenvalue weighted by atomic mass is 10.1. The fourth-order valence-corrected chi connectivity index (χ4v) is 2.51. The summed E-state index contributed by atoms with van der Waals surface area (Å²) in [5.74, 6) is 0. The van der Waals surface area contributed by atoms with E-state index in [-0.39, 0.29) is 18.8 Å². The van der Waals surface area contributed by atoms with Crippen molar-refractivity contribution in [2.75, 3.05) is 13.2 Å². The van der Waals surface area contributed by atoms with Gasteiger partial charge in [0.25, 0.3) is 0 Å². The molecule has 1 aliphatic heterocycles. The summed E-state index contributed by atoms with van der Waals surface area (Å²) in [6, 6.07) is 6.05. The van der Waals surface area contributed by atoms with E-state index >= 15 is 0 Å². The van der Waals surface area contributed by atoms with Gasteiger partial charge in [0, 0.05) is 24.2 Å². The van der Waals surface area contributed by atoms with E-state index in [1.165, 1.54) is 0 Å². The quantitative estimate of drug-likeness (QED) is 0.862. The van der Waals surface area contributed by atoms with Crippen LogP contribution in [0, 0.1) is 6.92 Å². The molecule has 1 aliphatic rings. The first-order valence-corrected chi connectivity index (χ1v) is 6.26. The van der Waals surface area contributed by atoms with E-state index in [1.54, 1.807) is 0 Å². The van der Waals surface area contributed by atoms with Gasteiger partial charge in [-0.2, -0.15) is 0 Å². The van der Waals surface area contributed by atoms with Gasteiger partial charge in [-0.25, -0.2) is 0 Å². The molecule has 2 N–H and O–H groups in total. The first kappa shape index (κ1) is 12.8. The molecule has 0 radical (unpaired) electrons. The summed E-state index contributed by atoms with van der Waals surface area (Å²) in [5, 5.41) is 19.6. The average Bonchev–Trinajstić information content (AvgIpc) is 2.64. The molecule has 0 amide bonds. The Morgan fingerprint density at radius 3 is 2.88 bits per heavy atom. The van der Waals surface area contributed by atoms with Gasteiger partial charge < -0.3 is 10.2 Å². The van der Waals surface area contributed by atoms with Gasteiger partial charge in [0.15, 0.2) is 0 Å². The van der Waals surface area contributed by atoms with Gasteiger partial charge in [0.05, 0.1) is 12.7 Å². The van der Waals surface area contributed by atoms with E-state index in [2.05, 4.69) is 4.90 Å². The van der Waals surface area contributed by atoms with Crippen molar-refractivity contribution in [3.05, 3.63) is 34.3 Å². The molecule has 2 atom stereocenters. The second kappa shape index (κ2) is 5.36. The van der Waals surface area contributed by atoms with Crippen LogP contribution in [0.15, 0.2) is 18.2 Å². The first-order valence-electron chi connectivity index (χ1n) is 5.88. The van der Waals surface area contributed by atoms with Crippen LogP contribution in [-0.4, -0.2) is 40.4 Å². The molecule has 0 saturated carbocycles. The van der Waals surface area contributed by atoms with Crippen LogP contribution in [0.3, 0.4) is 0 Å². The van der Waals surface area contributed by atoms with Crippen molar-refractivity contribution in [2.45, 2.75) is 32.0 Å². The number of halogens is 1. The molecule has 2 rings (SSSR count). The Morgan fingerprint density at radius 2 is 2.24 bits per heavy atom. The Hall–Kier alpha value is -0.610. The molecule has 94 valence electrons. The summed E-state index contributed by atoms with van der Waals surface area (Å²) in [6.07, 6.45) is 0.323. The zero-order valence-electron chi connectivity index (χ0n) is 9.93. The highest BCUT2D eigenvalue weighted by atomic mass is 35.5. The van der Waals surface area contributed by atoms with Crippen LogP contribution in [0.1, 0.15) is 17.5 Å². The lowest BCUT2D eigenvalue weighted by Gasteiger charge is -2.22. The number of aliphatic hydroxyl groups excluding tert-OH is 2. The summed E-state index contributed by atoms with van der Waals surface area (Å²) >= 11 is 6.08. The first-order chi connectivity index (χ1) is 8.10. The lowest BCUT2D eigenvalue weighted by Crippen LogP contribution is -2.31. The normalized spacial score (nSPS) is 25.4. The fourth-order valence-electron chi connectivity index (χ4n) is 2.31. The number of nitrogens with zero attached hydrogens (tertiary/aromatic N) is 1. The molecular formula is C13H18ClNO2. The largest absolute Gasteiger partial charge is 0.395 e. The van der Waals surface area contributed by atoms with E-state index in [4.69, 9.17) is 11.6 Å². The average molecular weight is 256 g/mol. The molecule has 4 heteroatoms. The van der Waals surface area contributed by atoms with Crippen molar-refractivity contribution in [3.8, 4) is 0 Å². The van der Waals surface area contributed by atoms with Gasteiger partial charge in [-0.15, -0.1) is 0 Å². The van der Waals surface area contributed by atoms with Crippen LogP contribution in [0.2, 0.25) is 5.02 Å². The number of benzene rings is 1. The zero-order chi connectivity index (χ0) is 12.4. The summed E-state index contributed by atoms with van der Waals surface area (Å²) < 4.78 is 0. The van der Waals surface area contributed by atoms with Crippen molar-refractivity contribution < 1.29 is 10.2 Å². The third-order valence-corrected chi connectivity index (χ3v) is 3.75. The number of rotatable bonds is 3. The van der Waals surface area contributed by atoms with E-state index < -0.39 is 0 Å². The molecular weight excluding hydrogens is 238 g/mol. The molecule has 0 aliphatic carbocycles. The third kappa shape index (κ3) is 2.99. The van der Waals surface area contributed by atoms with Crippen molar-refractivity contribution in [3.63, 3.8) is 0 Å². The molecule has 1 fully saturated rings. The predicted octanol–water partition coefficient (Wildman–Crippen LogP) is 1.58. The molecule has 0 spiro atoms. The minimum absolute atomic E-state index is 0.0603. The van der Waals surface area contributed by atoms with E-state index in [9.17, 15) is 10.2 Å². The standard InChI is InChI=1S/C13H18ClNO2/c1-9-2-3-10(4-13(9)14)6-15-7-12(17)5-11(15)8-16/h2-4,11-12,16-17H,5-8H2,1H3/t11-,12-/m0/s1. The maximum absolute atomic E-state index is 9.60. The van der Waals surface area contributed by atoms with Gasteiger partial charge in [0.1, 0.15) is 0 Å². The molecule has 0 aromatic heterocycles. The van der Waals surface area contributed by atoms with Crippen LogP contribution < -0.4 is 0 Å². The highest BCUT2D eigenvalue weighted by Gasteiger charge is 2.30. The second-order valence-electron chi connectivity index (χ2n) is 4.74. The van der Waals surface area contributed by atoms with E-state index in [0.29, 0.717) is 13.0 Å². The third-order valence-electron chi connectivity index (χ3n) is 3.34. The summed E-state index contributed by atoms with van der Waals surface area (Å²) in [5.41, 5.74) is 2.18. The second-order valence-corrected chi connectivity index (χ2v) is 5.15. The van der Waals surface area contributed by atoms with Crippen LogP contribution in [0.4, 0.5) is 0 Å². The fraction of sp³-hybridized carbons (Fsp3) is 0.538. The number of likely N-dealkylation sites (tertiary alicyclic amines) is 1. The predicted molar refractivity (Wildman–Crippen MR) is 68.1 cm³/mol. The SMILES string of the molecule is Cc1ccc(CN2C[C@@H](O)C[C@H]2CO)cc1Cl. The molecule has 1 saturated heterocycles. The van der Waals surface area contributed by atoms with Crippen molar-refractivity contribution >= 4 is 11.6 Å². The molecule has 1 aromatic rings. The smallest absolute Gasteiger partial charge is 0.0683 e. The zero-order valence-corrected chi connectivity index (χ0v) is 10.7. The molecule has 1 heterocycles. The minimum Gasteiger partial charge on any atom is -0.395 e. The number of hydrogen-bond acceptors (Lipinski definition) is 3. The highest BCUT2D eigenvalue weighted by molar-refractivity contribution is 6.31. The van der Waals surface area contributed by atoms with Gasteiger partial charge in [-0.3, -0.25) is 4.90 Å². The summed E-state index contributed by atoms with van der Waals surface area (Å²) in [7, 11) is 0. The Labute approximate surface area is 107 Å². The Morgan fingerprint density at radius 1 is 1.47 bits per heavy atom. The van der Waals surface area contributed by atoms with Crippen molar-refractivity contribution in [1.82, 2.24) is 4.90 Å². The van der Waals surface area contributed by atoms with Gasteiger partial charge in [-0.1, -0.05) is 23.7 Å². The van der Waals surface area contributed by atoms with E-state index in [0.717, 1.165) is 22.7 Å². The van der Waals surface area contributed by atoms with Crippen LogP contribution in [0.25, 0.3) is 0 Å². The van der Waals surface area contributed by atoms with Crippen LogP contribution in [-0.2, 0) is 6.54 Å².